The highest BCUT2D eigenvalue weighted by Crippen LogP contribution is 2.36. The van der Waals surface area contributed by atoms with E-state index >= 15 is 0 Å². The Balaban J connectivity index is 2.22. The van der Waals surface area contributed by atoms with Gasteiger partial charge in [-0.2, -0.15) is 0 Å². The minimum atomic E-state index is 0.464. The van der Waals surface area contributed by atoms with Gasteiger partial charge in [-0.25, -0.2) is 0 Å². The smallest absolute Gasteiger partial charge is 0.133 e. The number of allylic oxidation sites excluding steroid dienone is 2. The van der Waals surface area contributed by atoms with Gasteiger partial charge >= 0.3 is 0 Å². The number of hydrogen-bond acceptors (Lipinski definition) is 1. The van der Waals surface area contributed by atoms with Crippen LogP contribution in [0.15, 0.2) is 12.2 Å². The minimum absolute atomic E-state index is 0.464. The van der Waals surface area contributed by atoms with Crippen LogP contribution in [0.1, 0.15) is 78.6 Å². The quantitative estimate of drug-likeness (QED) is 0.499. The zero-order chi connectivity index (χ0) is 14.1. The zero-order valence-electron chi connectivity index (χ0n) is 13.2. The molecule has 0 spiro atoms. The van der Waals surface area contributed by atoms with E-state index in [2.05, 4.69) is 32.9 Å². The van der Waals surface area contributed by atoms with Crippen LogP contribution in [-0.2, 0) is 4.79 Å². The highest BCUT2D eigenvalue weighted by atomic mass is 16.1. The lowest BCUT2D eigenvalue weighted by Crippen LogP contribution is -2.08. The first kappa shape index (κ1) is 16.5. The van der Waals surface area contributed by atoms with Crippen LogP contribution in [0.2, 0.25) is 0 Å². The molecule has 0 saturated heterocycles. The van der Waals surface area contributed by atoms with Crippen LogP contribution in [0.3, 0.4) is 0 Å². The van der Waals surface area contributed by atoms with Crippen molar-refractivity contribution < 1.29 is 4.79 Å². The summed E-state index contributed by atoms with van der Waals surface area (Å²) in [7, 11) is 0. The number of ketones is 1. The number of carbonyl (C=O) groups excluding carboxylic acids is 1. The van der Waals surface area contributed by atoms with Gasteiger partial charge in [0.1, 0.15) is 5.78 Å². The maximum absolute atomic E-state index is 11.7. The van der Waals surface area contributed by atoms with Crippen molar-refractivity contribution >= 4 is 5.78 Å². The van der Waals surface area contributed by atoms with E-state index in [0.29, 0.717) is 11.7 Å². The van der Waals surface area contributed by atoms with Gasteiger partial charge in [0.05, 0.1) is 0 Å². The van der Waals surface area contributed by atoms with Crippen molar-refractivity contribution in [3.8, 4) is 0 Å². The van der Waals surface area contributed by atoms with Crippen molar-refractivity contribution in [2.24, 2.45) is 17.8 Å². The lowest BCUT2D eigenvalue weighted by molar-refractivity contribution is -0.119. The lowest BCUT2D eigenvalue weighted by Gasteiger charge is -2.16. The lowest BCUT2D eigenvalue weighted by atomic mass is 9.89. The molecule has 0 aromatic heterocycles. The van der Waals surface area contributed by atoms with Crippen molar-refractivity contribution in [3.63, 3.8) is 0 Å². The first-order valence-corrected chi connectivity index (χ1v) is 8.31. The molecule has 0 bridgehead atoms. The molecule has 0 amide bonds. The Morgan fingerprint density at radius 3 is 2.79 bits per heavy atom. The van der Waals surface area contributed by atoms with Gasteiger partial charge in [-0.15, -0.1) is 0 Å². The summed E-state index contributed by atoms with van der Waals surface area (Å²) in [4.78, 5) is 11.7. The maximum Gasteiger partial charge on any atom is 0.133 e. The third-order valence-corrected chi connectivity index (χ3v) is 4.22. The Morgan fingerprint density at radius 2 is 2.11 bits per heavy atom. The summed E-state index contributed by atoms with van der Waals surface area (Å²) >= 11 is 0. The van der Waals surface area contributed by atoms with Gasteiger partial charge < -0.3 is 0 Å². The van der Waals surface area contributed by atoms with Crippen LogP contribution in [0.5, 0.6) is 0 Å². The molecule has 1 heteroatoms. The van der Waals surface area contributed by atoms with Crippen LogP contribution < -0.4 is 0 Å². The van der Waals surface area contributed by atoms with E-state index in [1.165, 1.54) is 38.5 Å². The van der Waals surface area contributed by atoms with Crippen molar-refractivity contribution in [1.82, 2.24) is 0 Å². The van der Waals surface area contributed by atoms with E-state index in [4.69, 9.17) is 0 Å². The third-order valence-electron chi connectivity index (χ3n) is 4.22. The van der Waals surface area contributed by atoms with Crippen LogP contribution >= 0.6 is 0 Å². The van der Waals surface area contributed by atoms with Gasteiger partial charge in [0.2, 0.25) is 0 Å². The van der Waals surface area contributed by atoms with Crippen molar-refractivity contribution in [2.75, 3.05) is 0 Å². The molecule has 1 aliphatic carbocycles. The molecule has 1 fully saturated rings. The predicted octanol–water partition coefficient (Wildman–Crippen LogP) is 5.54. The maximum atomic E-state index is 11.7. The molecule has 1 saturated carbocycles. The van der Waals surface area contributed by atoms with Gasteiger partial charge in [-0.3, -0.25) is 4.79 Å². The van der Waals surface area contributed by atoms with E-state index in [-0.39, 0.29) is 0 Å². The highest BCUT2D eigenvalue weighted by Gasteiger charge is 2.24. The predicted molar refractivity (Wildman–Crippen MR) is 83.2 cm³/mol. The summed E-state index contributed by atoms with van der Waals surface area (Å²) in [6, 6.07) is 0. The summed E-state index contributed by atoms with van der Waals surface area (Å²) in [5, 5.41) is 0. The molecule has 1 rings (SSSR count). The Morgan fingerprint density at radius 1 is 1.32 bits per heavy atom. The third kappa shape index (κ3) is 6.94. The Hall–Kier alpha value is -0.590. The highest BCUT2D eigenvalue weighted by molar-refractivity contribution is 5.78. The monoisotopic (exact) mass is 264 g/mol. The molecule has 110 valence electrons. The molecular formula is C18H32O. The average molecular weight is 264 g/mol. The van der Waals surface area contributed by atoms with E-state index in [0.717, 1.165) is 31.1 Å². The summed E-state index contributed by atoms with van der Waals surface area (Å²) < 4.78 is 0. The second kappa shape index (κ2) is 9.34. The summed E-state index contributed by atoms with van der Waals surface area (Å²) in [6.45, 7) is 6.49. The minimum Gasteiger partial charge on any atom is -0.300 e. The SMILES string of the molecule is CCC/C=C/C1CCCC1CCCC(=O)CC(C)C. The summed E-state index contributed by atoms with van der Waals surface area (Å²) in [5.41, 5.74) is 0. The summed E-state index contributed by atoms with van der Waals surface area (Å²) in [6.07, 6.45) is 15.3. The number of rotatable bonds is 9. The van der Waals surface area contributed by atoms with Gasteiger partial charge in [0.25, 0.3) is 0 Å². The Bertz CT molecular complexity index is 277. The van der Waals surface area contributed by atoms with Crippen LogP contribution in [-0.4, -0.2) is 5.78 Å². The fraction of sp³-hybridized carbons (Fsp3) is 0.833. The van der Waals surface area contributed by atoms with E-state index < -0.39 is 0 Å². The van der Waals surface area contributed by atoms with Crippen molar-refractivity contribution in [3.05, 3.63) is 12.2 Å². The molecule has 0 aromatic rings. The topological polar surface area (TPSA) is 17.1 Å². The first-order valence-electron chi connectivity index (χ1n) is 8.31. The second-order valence-electron chi connectivity index (χ2n) is 6.60. The van der Waals surface area contributed by atoms with Crippen LogP contribution in [0.25, 0.3) is 0 Å². The van der Waals surface area contributed by atoms with Crippen LogP contribution in [0, 0.1) is 17.8 Å². The first-order chi connectivity index (χ1) is 9.13. The molecule has 19 heavy (non-hydrogen) atoms. The van der Waals surface area contributed by atoms with E-state index in [1.54, 1.807) is 0 Å². The van der Waals surface area contributed by atoms with Crippen molar-refractivity contribution in [2.45, 2.75) is 78.6 Å². The number of hydrogen-bond donors (Lipinski definition) is 0. The zero-order valence-corrected chi connectivity index (χ0v) is 13.2. The van der Waals surface area contributed by atoms with Gasteiger partial charge in [0, 0.05) is 12.8 Å². The Kier molecular flexibility index (Phi) is 8.09. The Labute approximate surface area is 119 Å². The molecule has 0 heterocycles. The van der Waals surface area contributed by atoms with E-state index in [1.807, 2.05) is 0 Å². The average Bonchev–Trinajstić information content (AvgIpc) is 2.76. The van der Waals surface area contributed by atoms with E-state index in [9.17, 15) is 4.79 Å². The van der Waals surface area contributed by atoms with Crippen LogP contribution in [0.4, 0.5) is 0 Å². The molecule has 2 atom stereocenters. The van der Waals surface area contributed by atoms with Crippen molar-refractivity contribution in [1.29, 1.82) is 0 Å². The molecule has 0 radical (unpaired) electrons. The molecule has 0 N–H and O–H groups in total. The molecule has 0 aromatic carbocycles. The van der Waals surface area contributed by atoms with Gasteiger partial charge in [-0.05, 0) is 49.9 Å². The number of unbranched alkanes of at least 4 members (excludes halogenated alkanes) is 1. The molecule has 2 unspecified atom stereocenters. The standard InChI is InChI=1S/C18H32O/c1-4-5-6-9-16-10-7-11-17(16)12-8-13-18(19)14-15(2)3/h6,9,15-17H,4-5,7-8,10-14H2,1-3H3/b9-6+. The summed E-state index contributed by atoms with van der Waals surface area (Å²) in [5.74, 6) is 2.63. The number of carbonyl (C=O) groups is 1. The molecular weight excluding hydrogens is 232 g/mol. The second-order valence-corrected chi connectivity index (χ2v) is 6.60. The van der Waals surface area contributed by atoms with Gasteiger partial charge in [-0.1, -0.05) is 45.8 Å². The molecule has 0 aliphatic heterocycles. The van der Waals surface area contributed by atoms with Gasteiger partial charge in [0.15, 0.2) is 0 Å². The number of Topliss-reactive ketones (excluding diaryl/α,β-unsaturated/α-hetero) is 1. The normalized spacial score (nSPS) is 23.6. The molecule has 1 aliphatic rings. The fourth-order valence-corrected chi connectivity index (χ4v) is 3.23. The molecule has 1 nitrogen and oxygen atoms in total. The fourth-order valence-electron chi connectivity index (χ4n) is 3.23. The largest absolute Gasteiger partial charge is 0.300 e.